The molecule has 10 heteroatoms. The van der Waals surface area contributed by atoms with Crippen molar-refractivity contribution in [2.45, 2.75) is 30.8 Å². The van der Waals surface area contributed by atoms with Gasteiger partial charge in [0.1, 0.15) is 18.9 Å². The molecule has 1 aromatic carbocycles. The molecule has 1 fully saturated rings. The number of nitrogens with zero attached hydrogens (tertiary/aromatic N) is 3. The van der Waals surface area contributed by atoms with E-state index in [2.05, 4.69) is 15.1 Å². The lowest BCUT2D eigenvalue weighted by molar-refractivity contribution is -0.0265. The van der Waals surface area contributed by atoms with Crippen molar-refractivity contribution in [2.24, 2.45) is 11.1 Å². The van der Waals surface area contributed by atoms with Gasteiger partial charge in [0.2, 0.25) is 5.49 Å². The van der Waals surface area contributed by atoms with Crippen molar-refractivity contribution in [2.75, 3.05) is 7.11 Å². The molecule has 0 spiro atoms. The van der Waals surface area contributed by atoms with Crippen molar-refractivity contribution in [1.82, 2.24) is 14.5 Å². The van der Waals surface area contributed by atoms with E-state index in [9.17, 15) is 24.1 Å². The van der Waals surface area contributed by atoms with Crippen LogP contribution in [0.1, 0.15) is 24.1 Å². The number of fused-ring (bicyclic) bond motifs is 1. The van der Waals surface area contributed by atoms with E-state index in [0.29, 0.717) is 16.5 Å². The molecule has 1 aliphatic rings. The molecule has 0 bridgehead atoms. The van der Waals surface area contributed by atoms with Crippen LogP contribution < -0.4 is 5.49 Å². The molecule has 4 N–H and O–H groups in total. The fourth-order valence-corrected chi connectivity index (χ4v) is 4.02. The van der Waals surface area contributed by atoms with Gasteiger partial charge < -0.3 is 29.7 Å². The Morgan fingerprint density at radius 1 is 1.24 bits per heavy atom. The first-order valence-electron chi connectivity index (χ1n) is 9.03. The van der Waals surface area contributed by atoms with Crippen LogP contribution in [-0.2, 0) is 4.84 Å². The summed E-state index contributed by atoms with van der Waals surface area (Å²) < 4.78 is 28.5. The summed E-state index contributed by atoms with van der Waals surface area (Å²) in [5.74, 6) is -2.88. The van der Waals surface area contributed by atoms with Crippen LogP contribution in [0.3, 0.4) is 0 Å². The maximum Gasteiger partial charge on any atom is 0.203 e. The Hall–Kier alpha value is -2.82. The molecule has 0 unspecified atom stereocenters. The number of aromatic amines is 1. The quantitative estimate of drug-likeness (QED) is 0.485. The SMILES string of the molecule is CO/N=c1\nc[nH]c2c1ccn2[C@@H]1C[C@H]([C@H](O)c2ccc(F)c(F)c2)[C@@H](O)[C@H]1O. The first-order chi connectivity index (χ1) is 13.9. The standard InChI is InChI=1S/C19H20F2N4O4/c1-29-24-18-10-4-5-25(19(10)23-8-22-18)14-7-11(16(27)17(14)28)15(26)9-2-3-12(20)13(21)6-9/h2-6,8,11,14-17,26-28H,7H2,1H3,(H,22,23,24)/t11-,14-,15-,16-,17+/m1/s1. The van der Waals surface area contributed by atoms with E-state index in [4.69, 9.17) is 4.84 Å². The summed E-state index contributed by atoms with van der Waals surface area (Å²) in [6.45, 7) is 0. The van der Waals surface area contributed by atoms with Gasteiger partial charge in [-0.05, 0) is 30.2 Å². The summed E-state index contributed by atoms with van der Waals surface area (Å²) >= 11 is 0. The number of rotatable bonds is 4. The summed E-state index contributed by atoms with van der Waals surface area (Å²) in [6, 6.07) is 4.26. The van der Waals surface area contributed by atoms with E-state index in [0.717, 1.165) is 12.1 Å². The Bertz CT molecular complexity index is 1100. The van der Waals surface area contributed by atoms with Crippen molar-refractivity contribution < 1.29 is 28.9 Å². The lowest BCUT2D eigenvalue weighted by Crippen LogP contribution is -2.31. The average molecular weight is 406 g/mol. The van der Waals surface area contributed by atoms with E-state index in [1.807, 2.05) is 0 Å². The highest BCUT2D eigenvalue weighted by Gasteiger charge is 2.46. The van der Waals surface area contributed by atoms with Crippen LogP contribution in [0.15, 0.2) is 41.9 Å². The molecule has 2 aromatic heterocycles. The lowest BCUT2D eigenvalue weighted by atomic mass is 9.92. The molecule has 29 heavy (non-hydrogen) atoms. The van der Waals surface area contributed by atoms with Crippen molar-refractivity contribution in [3.05, 3.63) is 59.5 Å². The molecule has 8 nitrogen and oxygen atoms in total. The van der Waals surface area contributed by atoms with Gasteiger partial charge in [-0.2, -0.15) is 0 Å². The van der Waals surface area contributed by atoms with Crippen LogP contribution >= 0.6 is 0 Å². The number of aliphatic hydroxyl groups is 3. The van der Waals surface area contributed by atoms with E-state index < -0.39 is 41.9 Å². The zero-order valence-electron chi connectivity index (χ0n) is 15.4. The predicted molar refractivity (Wildman–Crippen MR) is 97.1 cm³/mol. The molecule has 1 aliphatic carbocycles. The van der Waals surface area contributed by atoms with Gasteiger partial charge in [0.25, 0.3) is 0 Å². The third-order valence-corrected chi connectivity index (χ3v) is 5.47. The summed E-state index contributed by atoms with van der Waals surface area (Å²) in [4.78, 5) is 11.9. The Balaban J connectivity index is 1.67. The van der Waals surface area contributed by atoms with Gasteiger partial charge in [-0.1, -0.05) is 11.2 Å². The number of nitrogens with one attached hydrogen (secondary N) is 1. The van der Waals surface area contributed by atoms with E-state index in [1.54, 1.807) is 16.8 Å². The largest absolute Gasteiger partial charge is 0.397 e. The second-order valence-corrected chi connectivity index (χ2v) is 7.05. The minimum absolute atomic E-state index is 0.134. The van der Waals surface area contributed by atoms with Gasteiger partial charge in [0.15, 0.2) is 11.6 Å². The molecular weight excluding hydrogens is 386 g/mol. The first-order valence-corrected chi connectivity index (χ1v) is 9.03. The zero-order chi connectivity index (χ0) is 20.7. The average Bonchev–Trinajstić information content (AvgIpc) is 3.26. The van der Waals surface area contributed by atoms with E-state index >= 15 is 0 Å². The number of H-pyrrole nitrogens is 1. The van der Waals surface area contributed by atoms with Crippen molar-refractivity contribution >= 4 is 11.0 Å². The summed E-state index contributed by atoms with van der Waals surface area (Å²) in [5.41, 5.74) is 1.09. The smallest absolute Gasteiger partial charge is 0.203 e. The Labute approximate surface area is 163 Å². The number of aliphatic hydroxyl groups excluding tert-OH is 3. The molecule has 0 radical (unpaired) electrons. The van der Waals surface area contributed by atoms with Gasteiger partial charge in [0, 0.05) is 12.1 Å². The van der Waals surface area contributed by atoms with Gasteiger partial charge in [-0.25, -0.2) is 13.8 Å². The molecular formula is C19H20F2N4O4. The number of halogens is 2. The van der Waals surface area contributed by atoms with Gasteiger partial charge in [-0.15, -0.1) is 0 Å². The second kappa shape index (κ2) is 7.54. The van der Waals surface area contributed by atoms with Crippen LogP contribution in [0.5, 0.6) is 0 Å². The molecule has 5 atom stereocenters. The number of benzene rings is 1. The molecule has 2 heterocycles. The fourth-order valence-electron chi connectivity index (χ4n) is 4.02. The van der Waals surface area contributed by atoms with Gasteiger partial charge in [0.05, 0.1) is 30.0 Å². The molecule has 0 saturated heterocycles. The minimum atomic E-state index is -1.27. The highest BCUT2D eigenvalue weighted by molar-refractivity contribution is 5.74. The first kappa shape index (κ1) is 19.5. The molecule has 3 aromatic rings. The minimum Gasteiger partial charge on any atom is -0.397 e. The summed E-state index contributed by atoms with van der Waals surface area (Å²) in [6.07, 6.45) is -0.358. The monoisotopic (exact) mass is 406 g/mol. The lowest BCUT2D eigenvalue weighted by Gasteiger charge is -2.22. The van der Waals surface area contributed by atoms with E-state index in [-0.39, 0.29) is 12.0 Å². The highest BCUT2D eigenvalue weighted by Crippen LogP contribution is 2.43. The van der Waals surface area contributed by atoms with Crippen molar-refractivity contribution in [3.8, 4) is 0 Å². The Morgan fingerprint density at radius 2 is 2.03 bits per heavy atom. The summed E-state index contributed by atoms with van der Waals surface area (Å²) in [5, 5.41) is 36.3. The summed E-state index contributed by atoms with van der Waals surface area (Å²) in [7, 11) is 1.41. The third kappa shape index (κ3) is 3.28. The Morgan fingerprint density at radius 3 is 2.76 bits per heavy atom. The van der Waals surface area contributed by atoms with Crippen LogP contribution in [0.2, 0.25) is 0 Å². The molecule has 154 valence electrons. The normalized spacial score (nSPS) is 26.2. The third-order valence-electron chi connectivity index (χ3n) is 5.47. The fraction of sp³-hybridized carbons (Fsp3) is 0.368. The zero-order valence-corrected chi connectivity index (χ0v) is 15.4. The predicted octanol–water partition coefficient (Wildman–Crippen LogP) is 1.12. The maximum absolute atomic E-state index is 13.5. The van der Waals surface area contributed by atoms with Crippen LogP contribution in [-0.4, -0.2) is 49.2 Å². The van der Waals surface area contributed by atoms with E-state index in [1.165, 1.54) is 19.5 Å². The van der Waals surface area contributed by atoms with Crippen molar-refractivity contribution in [3.63, 3.8) is 0 Å². The van der Waals surface area contributed by atoms with Gasteiger partial charge in [-0.3, -0.25) is 0 Å². The Kier molecular flexibility index (Phi) is 5.07. The highest BCUT2D eigenvalue weighted by atomic mass is 19.2. The molecule has 1 saturated carbocycles. The molecule has 0 amide bonds. The maximum atomic E-state index is 13.5. The number of aromatic nitrogens is 3. The van der Waals surface area contributed by atoms with Crippen LogP contribution in [0.4, 0.5) is 8.78 Å². The molecule has 4 rings (SSSR count). The second-order valence-electron chi connectivity index (χ2n) is 7.05. The number of hydrogen-bond acceptors (Lipinski definition) is 6. The van der Waals surface area contributed by atoms with Crippen LogP contribution in [0.25, 0.3) is 11.0 Å². The van der Waals surface area contributed by atoms with Crippen LogP contribution in [0, 0.1) is 17.6 Å². The van der Waals surface area contributed by atoms with Crippen molar-refractivity contribution in [1.29, 1.82) is 0 Å². The topological polar surface area (TPSA) is 116 Å². The molecule has 0 aliphatic heterocycles. The number of hydrogen-bond donors (Lipinski definition) is 4. The van der Waals surface area contributed by atoms with Gasteiger partial charge >= 0.3 is 0 Å².